The van der Waals surface area contributed by atoms with E-state index in [1.54, 1.807) is 19.1 Å². The van der Waals surface area contributed by atoms with Crippen LogP contribution >= 0.6 is 0 Å². The summed E-state index contributed by atoms with van der Waals surface area (Å²) in [7, 11) is -1.75. The predicted molar refractivity (Wildman–Crippen MR) is 134 cm³/mol. The maximum atomic E-state index is 14.6. The number of rotatable bonds is 9. The van der Waals surface area contributed by atoms with Crippen LogP contribution in [0.5, 0.6) is 11.5 Å². The number of nitrogens with one attached hydrogen (secondary N) is 1. The minimum Gasteiger partial charge on any atom is -0.493 e. The van der Waals surface area contributed by atoms with Crippen molar-refractivity contribution in [2.24, 2.45) is 5.10 Å². The van der Waals surface area contributed by atoms with E-state index < -0.39 is 34.4 Å². The first-order chi connectivity index (χ1) is 17.6. The average molecular weight is 530 g/mol. The molecule has 10 nitrogen and oxygen atoms in total. The number of carbonyl (C=O) groups is 2. The van der Waals surface area contributed by atoms with Crippen molar-refractivity contribution in [1.82, 2.24) is 5.43 Å². The largest absolute Gasteiger partial charge is 0.513 e. The lowest BCUT2D eigenvalue weighted by Gasteiger charge is -2.24. The van der Waals surface area contributed by atoms with Crippen molar-refractivity contribution in [2.45, 2.75) is 11.8 Å². The molecule has 0 saturated heterocycles. The van der Waals surface area contributed by atoms with Gasteiger partial charge in [0.15, 0.2) is 11.5 Å². The SMILES string of the molecule is COC(=O)Oc1ccc(/C=N\NC(=O)CN(c2ccccc2F)S(=O)(=O)c2ccc(C)cc2)cc1OC. The molecular weight excluding hydrogens is 505 g/mol. The summed E-state index contributed by atoms with van der Waals surface area (Å²) in [4.78, 5) is 23.9. The van der Waals surface area contributed by atoms with Gasteiger partial charge >= 0.3 is 6.16 Å². The van der Waals surface area contributed by atoms with E-state index in [0.29, 0.717) is 9.87 Å². The van der Waals surface area contributed by atoms with Gasteiger partial charge < -0.3 is 14.2 Å². The lowest BCUT2D eigenvalue weighted by atomic mass is 10.2. The molecule has 12 heteroatoms. The van der Waals surface area contributed by atoms with Gasteiger partial charge in [-0.25, -0.2) is 23.0 Å². The number of ether oxygens (including phenoxy) is 3. The fraction of sp³-hybridized carbons (Fsp3) is 0.160. The van der Waals surface area contributed by atoms with Crippen molar-refractivity contribution >= 4 is 34.0 Å². The summed E-state index contributed by atoms with van der Waals surface area (Å²) >= 11 is 0. The van der Waals surface area contributed by atoms with Gasteiger partial charge in [-0.05, 0) is 55.0 Å². The summed E-state index contributed by atoms with van der Waals surface area (Å²) in [5.74, 6) is -1.31. The first-order valence-electron chi connectivity index (χ1n) is 10.8. The second kappa shape index (κ2) is 12.0. The first kappa shape index (κ1) is 27.1. The van der Waals surface area contributed by atoms with E-state index in [0.717, 1.165) is 18.7 Å². The second-order valence-corrected chi connectivity index (χ2v) is 9.40. The minimum atomic E-state index is -4.28. The van der Waals surface area contributed by atoms with Gasteiger partial charge in [0, 0.05) is 0 Å². The Bertz CT molecular complexity index is 1410. The molecule has 0 aromatic heterocycles. The molecule has 0 bridgehead atoms. The number of methoxy groups -OCH3 is 2. The number of hydrogen-bond donors (Lipinski definition) is 1. The van der Waals surface area contributed by atoms with Crippen LogP contribution in [0, 0.1) is 12.7 Å². The Morgan fingerprint density at radius 1 is 1.03 bits per heavy atom. The highest BCUT2D eigenvalue weighted by Gasteiger charge is 2.29. The van der Waals surface area contributed by atoms with Crippen LogP contribution < -0.4 is 19.2 Å². The number of sulfonamides is 1. The van der Waals surface area contributed by atoms with Crippen LogP contribution in [0.1, 0.15) is 11.1 Å². The number of anilines is 1. The molecule has 0 saturated carbocycles. The third kappa shape index (κ3) is 6.82. The maximum Gasteiger partial charge on any atom is 0.513 e. The molecule has 194 valence electrons. The van der Waals surface area contributed by atoms with Crippen LogP contribution in [-0.4, -0.2) is 47.5 Å². The number of para-hydroxylation sites is 1. The lowest BCUT2D eigenvalue weighted by Crippen LogP contribution is -2.40. The van der Waals surface area contributed by atoms with Crippen molar-refractivity contribution in [1.29, 1.82) is 0 Å². The molecule has 3 rings (SSSR count). The summed E-state index contributed by atoms with van der Waals surface area (Å²) in [5.41, 5.74) is 3.25. The molecule has 0 fully saturated rings. The molecule has 0 spiro atoms. The molecule has 0 unspecified atom stereocenters. The van der Waals surface area contributed by atoms with Gasteiger partial charge in [-0.3, -0.25) is 9.10 Å². The second-order valence-electron chi connectivity index (χ2n) is 7.54. The highest BCUT2D eigenvalue weighted by atomic mass is 32.2. The van der Waals surface area contributed by atoms with Crippen molar-refractivity contribution in [2.75, 3.05) is 25.1 Å². The zero-order valence-corrected chi connectivity index (χ0v) is 21.0. The monoisotopic (exact) mass is 529 g/mol. The molecule has 1 amide bonds. The molecule has 37 heavy (non-hydrogen) atoms. The molecule has 3 aromatic rings. The highest BCUT2D eigenvalue weighted by Crippen LogP contribution is 2.28. The van der Waals surface area contributed by atoms with E-state index in [9.17, 15) is 22.4 Å². The molecule has 0 radical (unpaired) electrons. The average Bonchev–Trinajstić information content (AvgIpc) is 2.88. The van der Waals surface area contributed by atoms with E-state index in [4.69, 9.17) is 9.47 Å². The Kier molecular flexibility index (Phi) is 8.80. The Hall–Kier alpha value is -4.45. The van der Waals surface area contributed by atoms with Gasteiger partial charge in [0.05, 0.1) is 31.0 Å². The summed E-state index contributed by atoms with van der Waals surface area (Å²) < 4.78 is 56.4. The normalized spacial score (nSPS) is 11.1. The van der Waals surface area contributed by atoms with Crippen LogP contribution in [0.2, 0.25) is 0 Å². The number of carbonyl (C=O) groups excluding carboxylic acids is 2. The van der Waals surface area contributed by atoms with Crippen LogP contribution in [0.3, 0.4) is 0 Å². The number of nitrogens with zero attached hydrogens (tertiary/aromatic N) is 2. The number of hydrogen-bond acceptors (Lipinski definition) is 8. The Labute approximate surface area is 213 Å². The fourth-order valence-corrected chi connectivity index (χ4v) is 4.54. The van der Waals surface area contributed by atoms with Crippen molar-refractivity contribution in [3.63, 3.8) is 0 Å². The molecule has 0 aliphatic carbocycles. The Morgan fingerprint density at radius 2 is 1.73 bits per heavy atom. The van der Waals surface area contributed by atoms with Gasteiger partial charge in [0.25, 0.3) is 15.9 Å². The van der Waals surface area contributed by atoms with Gasteiger partial charge in [-0.2, -0.15) is 5.10 Å². The zero-order chi connectivity index (χ0) is 27.0. The molecule has 3 aromatic carbocycles. The Balaban J connectivity index is 1.79. The number of aryl methyl sites for hydroxylation is 1. The minimum absolute atomic E-state index is 0.0981. The molecule has 0 heterocycles. The number of amides is 1. The zero-order valence-electron chi connectivity index (χ0n) is 20.2. The van der Waals surface area contributed by atoms with Crippen LogP contribution in [0.4, 0.5) is 14.9 Å². The standard InChI is InChI=1S/C25H24FN3O7S/c1-17-8-11-19(12-9-17)37(32,33)29(21-7-5-4-6-20(21)26)16-24(30)28-27-15-18-10-13-22(23(14-18)34-2)36-25(31)35-3/h4-15H,16H2,1-3H3,(H,28,30)/b27-15-. The smallest absolute Gasteiger partial charge is 0.493 e. The van der Waals surface area contributed by atoms with Crippen LogP contribution in [-0.2, 0) is 19.6 Å². The van der Waals surface area contributed by atoms with Gasteiger partial charge in [0.1, 0.15) is 12.4 Å². The number of hydrazone groups is 1. The van der Waals surface area contributed by atoms with E-state index in [2.05, 4.69) is 15.3 Å². The van der Waals surface area contributed by atoms with Crippen molar-refractivity contribution < 1.29 is 36.6 Å². The number of benzene rings is 3. The third-order valence-electron chi connectivity index (χ3n) is 4.97. The Morgan fingerprint density at radius 3 is 2.38 bits per heavy atom. The molecule has 0 atom stereocenters. The van der Waals surface area contributed by atoms with E-state index in [1.165, 1.54) is 61.9 Å². The topological polar surface area (TPSA) is 124 Å². The van der Waals surface area contributed by atoms with Crippen molar-refractivity contribution in [3.8, 4) is 11.5 Å². The quantitative estimate of drug-likeness (QED) is 0.194. The van der Waals surface area contributed by atoms with E-state index in [1.807, 2.05) is 0 Å². The molecule has 0 aliphatic heterocycles. The van der Waals surface area contributed by atoms with Crippen LogP contribution in [0.15, 0.2) is 76.7 Å². The van der Waals surface area contributed by atoms with E-state index >= 15 is 0 Å². The van der Waals surface area contributed by atoms with E-state index in [-0.39, 0.29) is 22.1 Å². The summed E-state index contributed by atoms with van der Waals surface area (Å²) in [6.45, 7) is 1.06. The molecule has 1 N–H and O–H groups in total. The highest BCUT2D eigenvalue weighted by molar-refractivity contribution is 7.92. The predicted octanol–water partition coefficient (Wildman–Crippen LogP) is 3.63. The van der Waals surface area contributed by atoms with Gasteiger partial charge in [-0.15, -0.1) is 0 Å². The fourth-order valence-electron chi connectivity index (χ4n) is 3.12. The maximum absolute atomic E-state index is 14.6. The third-order valence-corrected chi connectivity index (χ3v) is 6.74. The number of halogens is 1. The van der Waals surface area contributed by atoms with Crippen LogP contribution in [0.25, 0.3) is 0 Å². The summed E-state index contributed by atoms with van der Waals surface area (Å²) in [5, 5.41) is 3.83. The summed E-state index contributed by atoms with van der Waals surface area (Å²) in [6, 6.07) is 15.7. The van der Waals surface area contributed by atoms with Gasteiger partial charge in [0.2, 0.25) is 0 Å². The summed E-state index contributed by atoms with van der Waals surface area (Å²) in [6.07, 6.45) is 0.344. The lowest BCUT2D eigenvalue weighted by molar-refractivity contribution is -0.119. The first-order valence-corrected chi connectivity index (χ1v) is 12.2. The molecule has 0 aliphatic rings. The molecular formula is C25H24FN3O7S. The van der Waals surface area contributed by atoms with Crippen molar-refractivity contribution in [3.05, 3.63) is 83.7 Å². The van der Waals surface area contributed by atoms with Gasteiger partial charge in [-0.1, -0.05) is 29.8 Å².